The Morgan fingerprint density at radius 2 is 1.71 bits per heavy atom. The normalized spacial score (nSPS) is 10.6. The Bertz CT molecular complexity index is 1040. The number of hydrogen-bond donors (Lipinski definition) is 3. The van der Waals surface area contributed by atoms with Gasteiger partial charge < -0.3 is 20.9 Å². The molecule has 144 valence electrons. The van der Waals surface area contributed by atoms with Crippen LogP contribution in [0.15, 0.2) is 48.5 Å². The zero-order valence-corrected chi connectivity index (χ0v) is 16.7. The van der Waals surface area contributed by atoms with Gasteiger partial charge in [-0.15, -0.1) is 0 Å². The number of benzene rings is 3. The van der Waals surface area contributed by atoms with Gasteiger partial charge in [0.25, 0.3) is 5.91 Å². The number of amides is 1. The minimum absolute atomic E-state index is 0.100. The van der Waals surface area contributed by atoms with Gasteiger partial charge in [0.15, 0.2) is 0 Å². The molecule has 7 heteroatoms. The number of nitrogen functional groups attached to an aromatic ring is 1. The number of ether oxygens (including phenoxy) is 1. The largest absolute Gasteiger partial charge is 0.506 e. The maximum absolute atomic E-state index is 12.5. The SMILES string of the molecule is Cc1cc(N)cc(C)c1Oc1ccc(O)c(NC(=O)c2ccc(Cl)cc2Cl)c1. The molecule has 3 rings (SSSR count). The van der Waals surface area contributed by atoms with Crippen molar-refractivity contribution in [3.05, 3.63) is 75.3 Å². The number of anilines is 2. The first kappa shape index (κ1) is 19.9. The molecular weight excluding hydrogens is 399 g/mol. The second-order valence-corrected chi connectivity index (χ2v) is 7.19. The number of nitrogens with one attached hydrogen (secondary N) is 1. The zero-order chi connectivity index (χ0) is 20.4. The molecule has 0 bridgehead atoms. The van der Waals surface area contributed by atoms with Gasteiger partial charge in [-0.2, -0.15) is 0 Å². The van der Waals surface area contributed by atoms with Crippen molar-refractivity contribution in [2.45, 2.75) is 13.8 Å². The lowest BCUT2D eigenvalue weighted by atomic mass is 10.1. The molecule has 0 atom stereocenters. The number of hydrogen-bond acceptors (Lipinski definition) is 4. The summed E-state index contributed by atoms with van der Waals surface area (Å²) >= 11 is 11.9. The molecule has 0 heterocycles. The summed E-state index contributed by atoms with van der Waals surface area (Å²) in [5.74, 6) is 0.537. The van der Waals surface area contributed by atoms with Crippen LogP contribution >= 0.6 is 23.2 Å². The van der Waals surface area contributed by atoms with Gasteiger partial charge in [-0.05, 0) is 67.4 Å². The highest BCUT2D eigenvalue weighted by Crippen LogP contribution is 2.35. The Balaban J connectivity index is 1.87. The van der Waals surface area contributed by atoms with Crippen molar-refractivity contribution in [3.63, 3.8) is 0 Å². The van der Waals surface area contributed by atoms with E-state index in [1.165, 1.54) is 24.3 Å². The standard InChI is InChI=1S/C21H18Cl2N2O3/c1-11-7-14(24)8-12(2)20(11)28-15-4-6-19(26)18(10-15)25-21(27)16-5-3-13(22)9-17(16)23/h3-10,26H,24H2,1-2H3,(H,25,27). The summed E-state index contributed by atoms with van der Waals surface area (Å²) in [6.07, 6.45) is 0. The maximum Gasteiger partial charge on any atom is 0.257 e. The van der Waals surface area contributed by atoms with Crippen molar-refractivity contribution in [3.8, 4) is 17.2 Å². The van der Waals surface area contributed by atoms with Crippen molar-refractivity contribution in [1.82, 2.24) is 0 Å². The number of phenols is 1. The van der Waals surface area contributed by atoms with Crippen LogP contribution in [-0.4, -0.2) is 11.0 Å². The average molecular weight is 417 g/mol. The number of nitrogens with two attached hydrogens (primary N) is 1. The molecule has 3 aromatic rings. The number of carbonyl (C=O) groups is 1. The van der Waals surface area contributed by atoms with E-state index in [1.807, 2.05) is 26.0 Å². The number of halogens is 2. The summed E-state index contributed by atoms with van der Waals surface area (Å²) in [4.78, 5) is 12.5. The lowest BCUT2D eigenvalue weighted by Crippen LogP contribution is -2.12. The van der Waals surface area contributed by atoms with Crippen molar-refractivity contribution >= 4 is 40.5 Å². The lowest BCUT2D eigenvalue weighted by molar-refractivity contribution is 0.102. The van der Waals surface area contributed by atoms with E-state index in [2.05, 4.69) is 5.32 Å². The Morgan fingerprint density at radius 1 is 1.04 bits per heavy atom. The van der Waals surface area contributed by atoms with Crippen LogP contribution in [0.25, 0.3) is 0 Å². The molecule has 0 unspecified atom stereocenters. The molecule has 0 aliphatic carbocycles. The van der Waals surface area contributed by atoms with Crippen LogP contribution in [0.2, 0.25) is 10.0 Å². The van der Waals surface area contributed by atoms with Gasteiger partial charge in [0, 0.05) is 16.8 Å². The number of aryl methyl sites for hydroxylation is 2. The first-order valence-corrected chi connectivity index (χ1v) is 9.14. The fraction of sp³-hybridized carbons (Fsp3) is 0.0952. The smallest absolute Gasteiger partial charge is 0.257 e. The molecule has 0 aromatic heterocycles. The second-order valence-electron chi connectivity index (χ2n) is 6.34. The summed E-state index contributed by atoms with van der Waals surface area (Å²) < 4.78 is 5.96. The molecular formula is C21H18Cl2N2O3. The lowest BCUT2D eigenvalue weighted by Gasteiger charge is -2.14. The molecule has 0 aliphatic heterocycles. The van der Waals surface area contributed by atoms with E-state index in [0.717, 1.165) is 11.1 Å². The van der Waals surface area contributed by atoms with Gasteiger partial charge in [0.1, 0.15) is 17.2 Å². The fourth-order valence-electron chi connectivity index (χ4n) is 2.80. The van der Waals surface area contributed by atoms with E-state index in [0.29, 0.717) is 22.2 Å². The molecule has 3 aromatic carbocycles. The molecule has 0 radical (unpaired) electrons. The molecule has 0 saturated carbocycles. The van der Waals surface area contributed by atoms with Crippen LogP contribution in [0.1, 0.15) is 21.5 Å². The van der Waals surface area contributed by atoms with Gasteiger partial charge in [0.2, 0.25) is 0 Å². The predicted octanol–water partition coefficient (Wildman–Crippen LogP) is 5.94. The Hall–Kier alpha value is -2.89. The van der Waals surface area contributed by atoms with Gasteiger partial charge in [-0.1, -0.05) is 23.2 Å². The van der Waals surface area contributed by atoms with Crippen molar-refractivity contribution in [2.75, 3.05) is 11.1 Å². The topological polar surface area (TPSA) is 84.6 Å². The number of rotatable bonds is 4. The number of aromatic hydroxyl groups is 1. The van der Waals surface area contributed by atoms with Crippen LogP contribution in [0.4, 0.5) is 11.4 Å². The van der Waals surface area contributed by atoms with E-state index in [1.54, 1.807) is 12.1 Å². The molecule has 28 heavy (non-hydrogen) atoms. The van der Waals surface area contributed by atoms with Gasteiger partial charge >= 0.3 is 0 Å². The van der Waals surface area contributed by atoms with E-state index in [4.69, 9.17) is 33.7 Å². The molecule has 4 N–H and O–H groups in total. The third-order valence-electron chi connectivity index (χ3n) is 4.09. The Labute approximate surface area is 172 Å². The maximum atomic E-state index is 12.5. The Kier molecular flexibility index (Phi) is 5.68. The molecule has 5 nitrogen and oxygen atoms in total. The summed E-state index contributed by atoms with van der Waals surface area (Å²) in [6.45, 7) is 3.79. The molecule has 0 saturated heterocycles. The van der Waals surface area contributed by atoms with E-state index in [9.17, 15) is 9.90 Å². The van der Waals surface area contributed by atoms with Gasteiger partial charge in [0.05, 0.1) is 16.3 Å². The first-order chi connectivity index (χ1) is 13.2. The summed E-state index contributed by atoms with van der Waals surface area (Å²) in [6, 6.07) is 12.8. The highest BCUT2D eigenvalue weighted by molar-refractivity contribution is 6.37. The van der Waals surface area contributed by atoms with Gasteiger partial charge in [-0.3, -0.25) is 4.79 Å². The third kappa shape index (κ3) is 4.32. The quantitative estimate of drug-likeness (QED) is 0.362. The molecule has 0 spiro atoms. The molecule has 1 amide bonds. The van der Waals surface area contributed by atoms with E-state index >= 15 is 0 Å². The fourth-order valence-corrected chi connectivity index (χ4v) is 3.30. The van der Waals surface area contributed by atoms with Crippen molar-refractivity contribution in [2.24, 2.45) is 0 Å². The second kappa shape index (κ2) is 8.00. The minimum atomic E-state index is -0.478. The third-order valence-corrected chi connectivity index (χ3v) is 4.64. The van der Waals surface area contributed by atoms with Gasteiger partial charge in [-0.25, -0.2) is 0 Å². The van der Waals surface area contributed by atoms with Crippen LogP contribution < -0.4 is 15.8 Å². The number of carbonyl (C=O) groups excluding carboxylic acids is 1. The highest BCUT2D eigenvalue weighted by Gasteiger charge is 2.14. The summed E-state index contributed by atoms with van der Waals surface area (Å²) in [5.41, 5.74) is 8.69. The molecule has 0 aliphatic rings. The minimum Gasteiger partial charge on any atom is -0.506 e. The van der Waals surface area contributed by atoms with Crippen LogP contribution in [-0.2, 0) is 0 Å². The molecule has 0 fully saturated rings. The van der Waals surface area contributed by atoms with E-state index in [-0.39, 0.29) is 22.0 Å². The highest BCUT2D eigenvalue weighted by atomic mass is 35.5. The van der Waals surface area contributed by atoms with Crippen LogP contribution in [0.3, 0.4) is 0 Å². The monoisotopic (exact) mass is 416 g/mol. The van der Waals surface area contributed by atoms with Crippen molar-refractivity contribution in [1.29, 1.82) is 0 Å². The van der Waals surface area contributed by atoms with Crippen LogP contribution in [0, 0.1) is 13.8 Å². The summed E-state index contributed by atoms with van der Waals surface area (Å²) in [7, 11) is 0. The number of phenolic OH excluding ortho intramolecular Hbond substituents is 1. The zero-order valence-electron chi connectivity index (χ0n) is 15.2. The van der Waals surface area contributed by atoms with Crippen molar-refractivity contribution < 1.29 is 14.6 Å². The van der Waals surface area contributed by atoms with E-state index < -0.39 is 5.91 Å². The average Bonchev–Trinajstić information content (AvgIpc) is 2.60. The van der Waals surface area contributed by atoms with Crippen LogP contribution in [0.5, 0.6) is 17.2 Å². The summed E-state index contributed by atoms with van der Waals surface area (Å²) in [5, 5.41) is 13.4. The Morgan fingerprint density at radius 3 is 2.36 bits per heavy atom. The predicted molar refractivity (Wildman–Crippen MR) is 113 cm³/mol. The first-order valence-electron chi connectivity index (χ1n) is 8.38.